The Morgan fingerprint density at radius 3 is 2.50 bits per heavy atom. The number of rotatable bonds is 3. The molecule has 2 nitrogen and oxygen atoms in total. The molecule has 1 unspecified atom stereocenters. The Bertz CT molecular complexity index is 139. The summed E-state index contributed by atoms with van der Waals surface area (Å²) in [5.41, 5.74) is 0. The van der Waals surface area contributed by atoms with Crippen molar-refractivity contribution >= 4 is 30.2 Å². The molecule has 0 aliphatic rings. The first-order chi connectivity index (χ1) is 3.62. The van der Waals surface area contributed by atoms with Crippen LogP contribution in [0.3, 0.4) is 0 Å². The van der Waals surface area contributed by atoms with Crippen LogP contribution in [0.5, 0.6) is 0 Å². The minimum atomic E-state index is -2.38. The third-order valence-electron chi connectivity index (χ3n) is 0.592. The molecule has 0 rings (SSSR count). The highest BCUT2D eigenvalue weighted by Gasteiger charge is 1.97. The van der Waals surface area contributed by atoms with Crippen LogP contribution in [0.1, 0.15) is 6.92 Å². The van der Waals surface area contributed by atoms with Gasteiger partial charge in [-0.25, -0.2) is 4.21 Å². The molecule has 0 bridgehead atoms. The van der Waals surface area contributed by atoms with Crippen molar-refractivity contribution in [2.75, 3.05) is 12.0 Å². The van der Waals surface area contributed by atoms with Gasteiger partial charge in [-0.05, 0) is 0 Å². The Labute approximate surface area is 57.9 Å². The molecule has 5 heteroatoms. The van der Waals surface area contributed by atoms with Gasteiger partial charge in [0.2, 0.25) is 0 Å². The first-order valence-corrected chi connectivity index (χ1v) is 5.42. The summed E-state index contributed by atoms with van der Waals surface area (Å²) in [4.78, 5) is 0. The van der Waals surface area contributed by atoms with Crippen molar-refractivity contribution in [1.82, 2.24) is 0 Å². The van der Waals surface area contributed by atoms with Gasteiger partial charge in [0.25, 0.3) is 0 Å². The van der Waals surface area contributed by atoms with Crippen molar-refractivity contribution in [3.8, 4) is 0 Å². The molecule has 0 amide bonds. The highest BCUT2D eigenvalue weighted by Crippen LogP contribution is 1.89. The highest BCUT2D eigenvalue weighted by atomic mass is 32.8. The van der Waals surface area contributed by atoms with E-state index in [-0.39, 0.29) is 6.23 Å². The Morgan fingerprint density at radius 1 is 1.88 bits per heavy atom. The average Bonchev–Trinajstić information content (AvgIpc) is 1.67. The lowest BCUT2D eigenvalue weighted by molar-refractivity contribution is 0.418. The van der Waals surface area contributed by atoms with Gasteiger partial charge in [-0.15, -0.1) is 0 Å². The monoisotopic (exact) mass is 167 g/mol. The van der Waals surface area contributed by atoms with Gasteiger partial charge < -0.3 is 0 Å². The molecule has 0 N–H and O–H groups in total. The fraction of sp³-hybridized carbons (Fsp3) is 1.00. The van der Waals surface area contributed by atoms with Crippen molar-refractivity contribution < 1.29 is 8.39 Å². The van der Waals surface area contributed by atoms with Crippen molar-refractivity contribution in [2.45, 2.75) is 6.92 Å². The highest BCUT2D eigenvalue weighted by molar-refractivity contribution is 8.30. The van der Waals surface area contributed by atoms with E-state index in [1.165, 1.54) is 0 Å². The van der Waals surface area contributed by atoms with Gasteiger partial charge in [0.05, 0.1) is 10.2 Å². The van der Waals surface area contributed by atoms with Crippen molar-refractivity contribution in [3.63, 3.8) is 0 Å². The topological polar surface area (TPSA) is 26.3 Å². The zero-order valence-electron chi connectivity index (χ0n) is 4.55. The maximum atomic E-state index is 10.7. The molecule has 0 aromatic rings. The summed E-state index contributed by atoms with van der Waals surface area (Å²) >= 11 is 4.52. The van der Waals surface area contributed by atoms with E-state index in [4.69, 9.17) is 0 Å². The van der Waals surface area contributed by atoms with E-state index in [0.29, 0.717) is 5.75 Å². The van der Waals surface area contributed by atoms with E-state index < -0.39 is 8.77 Å². The van der Waals surface area contributed by atoms with Crippen LogP contribution in [0.4, 0.5) is 0 Å². The molecular formula is C3H7O2S2Si. The van der Waals surface area contributed by atoms with Crippen LogP contribution in [-0.4, -0.2) is 26.4 Å². The molecule has 0 aromatic heterocycles. The molecule has 0 fully saturated rings. The molecule has 0 aliphatic carbocycles. The van der Waals surface area contributed by atoms with E-state index in [0.717, 1.165) is 0 Å². The first kappa shape index (κ1) is 8.55. The van der Waals surface area contributed by atoms with Crippen LogP contribution in [0.25, 0.3) is 0 Å². The largest absolute Gasteiger partial charge is 0.294 e. The Hall–Kier alpha value is 0.547. The summed E-state index contributed by atoms with van der Waals surface area (Å²) < 4.78 is 15.4. The zero-order chi connectivity index (χ0) is 6.62. The van der Waals surface area contributed by atoms with E-state index in [1.807, 2.05) is 0 Å². The zero-order valence-corrected chi connectivity index (χ0v) is 7.18. The molecule has 1 atom stereocenters. The molecule has 0 aliphatic heterocycles. The van der Waals surface area contributed by atoms with Gasteiger partial charge in [0.1, 0.15) is 8.77 Å². The van der Waals surface area contributed by atoms with Gasteiger partial charge in [0, 0.05) is 23.2 Å². The fourth-order valence-electron chi connectivity index (χ4n) is 0.173. The summed E-state index contributed by atoms with van der Waals surface area (Å²) in [7, 11) is 0.617. The van der Waals surface area contributed by atoms with Gasteiger partial charge in [-0.2, -0.15) is 0 Å². The summed E-state index contributed by atoms with van der Waals surface area (Å²) in [6.45, 7) is 1.73. The average molecular weight is 167 g/mol. The molecule has 8 heavy (non-hydrogen) atoms. The third-order valence-corrected chi connectivity index (χ3v) is 3.13. The van der Waals surface area contributed by atoms with Gasteiger partial charge in [-0.1, -0.05) is 6.92 Å². The second-order valence-electron chi connectivity index (χ2n) is 1.11. The van der Waals surface area contributed by atoms with E-state index >= 15 is 0 Å². The molecule has 0 saturated heterocycles. The molecular weight excluding hydrogens is 160 g/mol. The predicted octanol–water partition coefficient (Wildman–Crippen LogP) is -0.190. The Kier molecular flexibility index (Phi) is 3.79. The van der Waals surface area contributed by atoms with E-state index in [2.05, 4.69) is 25.6 Å². The SMILES string of the molecule is CCS(=O)(=S)OC[Si]. The molecule has 0 saturated carbocycles. The van der Waals surface area contributed by atoms with Gasteiger partial charge in [-0.3, -0.25) is 4.18 Å². The maximum absolute atomic E-state index is 10.7. The first-order valence-electron chi connectivity index (χ1n) is 2.14. The van der Waals surface area contributed by atoms with Crippen molar-refractivity contribution in [1.29, 1.82) is 0 Å². The smallest absolute Gasteiger partial charge is 0.143 e. The Balaban J connectivity index is 3.76. The van der Waals surface area contributed by atoms with Crippen LogP contribution in [0.2, 0.25) is 0 Å². The molecule has 0 heterocycles. The van der Waals surface area contributed by atoms with Gasteiger partial charge >= 0.3 is 0 Å². The van der Waals surface area contributed by atoms with Crippen molar-refractivity contribution in [2.24, 2.45) is 0 Å². The number of hydrogen-bond donors (Lipinski definition) is 0. The quantitative estimate of drug-likeness (QED) is 0.545. The predicted molar refractivity (Wildman–Crippen MR) is 37.8 cm³/mol. The molecule has 0 aromatic carbocycles. The maximum Gasteiger partial charge on any atom is 0.143 e. The number of hydrogen-bond acceptors (Lipinski definition) is 3. The summed E-state index contributed by atoms with van der Waals surface area (Å²) in [5, 5.41) is 0. The van der Waals surface area contributed by atoms with Crippen molar-refractivity contribution in [3.05, 3.63) is 0 Å². The normalized spacial score (nSPS) is 17.8. The lowest BCUT2D eigenvalue weighted by atomic mass is 11.0. The van der Waals surface area contributed by atoms with Crippen LogP contribution in [0.15, 0.2) is 0 Å². The molecule has 47 valence electrons. The van der Waals surface area contributed by atoms with Crippen LogP contribution in [-0.2, 0) is 24.1 Å². The van der Waals surface area contributed by atoms with E-state index in [1.54, 1.807) is 6.92 Å². The van der Waals surface area contributed by atoms with Gasteiger partial charge in [0.15, 0.2) is 0 Å². The summed E-state index contributed by atoms with van der Waals surface area (Å²) in [6, 6.07) is 0. The minimum absolute atomic E-state index is 0.246. The lowest BCUT2D eigenvalue weighted by Crippen LogP contribution is -2.07. The fourth-order valence-corrected chi connectivity index (χ4v) is 1.49. The second-order valence-corrected chi connectivity index (χ2v) is 4.85. The van der Waals surface area contributed by atoms with Crippen LogP contribution < -0.4 is 0 Å². The van der Waals surface area contributed by atoms with E-state index in [9.17, 15) is 4.21 Å². The molecule has 3 radical (unpaired) electrons. The standard InChI is InChI=1S/C3H7O2S2Si/c1-2-7(4,6)5-3-8/h2-3H2,1H3. The van der Waals surface area contributed by atoms with Crippen LogP contribution >= 0.6 is 0 Å². The Morgan fingerprint density at radius 2 is 2.38 bits per heavy atom. The molecule has 0 spiro atoms. The second kappa shape index (κ2) is 3.55. The summed E-state index contributed by atoms with van der Waals surface area (Å²) in [6.07, 6.45) is 0.246. The van der Waals surface area contributed by atoms with Crippen LogP contribution in [0, 0.1) is 0 Å². The summed E-state index contributed by atoms with van der Waals surface area (Å²) in [5.74, 6) is 0.396. The lowest BCUT2D eigenvalue weighted by Gasteiger charge is -1.99. The third kappa shape index (κ3) is 3.54. The minimum Gasteiger partial charge on any atom is -0.294 e.